The highest BCUT2D eigenvalue weighted by atomic mass is 16.5. The van der Waals surface area contributed by atoms with Crippen molar-refractivity contribution in [2.45, 2.75) is 32.1 Å². The molecule has 132 valence electrons. The molecule has 0 bridgehead atoms. The Kier molecular flexibility index (Phi) is 3.73. The van der Waals surface area contributed by atoms with E-state index in [-0.39, 0.29) is 11.3 Å². The number of fused-ring (bicyclic) bond motifs is 1. The molecule has 3 heterocycles. The summed E-state index contributed by atoms with van der Waals surface area (Å²) >= 11 is 0. The van der Waals surface area contributed by atoms with Gasteiger partial charge in [-0.2, -0.15) is 5.26 Å². The van der Waals surface area contributed by atoms with Crippen molar-refractivity contribution < 1.29 is 9.53 Å². The van der Waals surface area contributed by atoms with Gasteiger partial charge in [0.25, 0.3) is 0 Å². The number of carbonyl (C=O) groups excluding carboxylic acids is 1. The third kappa shape index (κ3) is 2.26. The summed E-state index contributed by atoms with van der Waals surface area (Å²) in [5.74, 6) is 0.772. The summed E-state index contributed by atoms with van der Waals surface area (Å²) in [6, 6.07) is 4.41. The van der Waals surface area contributed by atoms with E-state index in [0.29, 0.717) is 26.2 Å². The van der Waals surface area contributed by atoms with Crippen LogP contribution in [0.3, 0.4) is 0 Å². The van der Waals surface area contributed by atoms with Crippen LogP contribution in [-0.2, 0) is 16.0 Å². The Bertz CT molecular complexity index is 748. The molecule has 3 aliphatic rings. The number of nitriles is 1. The number of aryl methyl sites for hydroxylation is 1. The number of rotatable bonds is 2. The summed E-state index contributed by atoms with van der Waals surface area (Å²) in [4.78, 5) is 21.8. The van der Waals surface area contributed by atoms with E-state index >= 15 is 0 Å². The first-order valence-electron chi connectivity index (χ1n) is 9.01. The number of pyridine rings is 1. The van der Waals surface area contributed by atoms with E-state index in [4.69, 9.17) is 4.74 Å². The predicted octanol–water partition coefficient (Wildman–Crippen LogP) is 2.14. The quantitative estimate of drug-likeness (QED) is 0.825. The Morgan fingerprint density at radius 1 is 1.40 bits per heavy atom. The summed E-state index contributed by atoms with van der Waals surface area (Å²) in [7, 11) is 3.88. The third-order valence-corrected chi connectivity index (χ3v) is 6.14. The fraction of sp³-hybridized carbons (Fsp3) is 0.632. The standard InChI is InChI=1S/C19H24N4O2/c1-22(2)16-15-14(5-8-21-16)4-3-9-23(15)17(24)19(13-20)12-18(19)6-10-25-11-7-18/h5,8H,3-4,6-7,9-12H2,1-2H3. The lowest BCUT2D eigenvalue weighted by Gasteiger charge is -2.35. The Balaban J connectivity index is 1.73. The molecule has 1 unspecified atom stereocenters. The number of anilines is 2. The van der Waals surface area contributed by atoms with Gasteiger partial charge in [0.2, 0.25) is 5.91 Å². The summed E-state index contributed by atoms with van der Waals surface area (Å²) in [5.41, 5.74) is 0.973. The second kappa shape index (κ2) is 5.70. The fourth-order valence-corrected chi connectivity index (χ4v) is 4.61. The van der Waals surface area contributed by atoms with Gasteiger partial charge in [0, 0.05) is 45.5 Å². The Hall–Kier alpha value is -2.13. The first-order valence-corrected chi connectivity index (χ1v) is 9.01. The maximum Gasteiger partial charge on any atom is 0.248 e. The van der Waals surface area contributed by atoms with Crippen LogP contribution in [0.1, 0.15) is 31.2 Å². The fourth-order valence-electron chi connectivity index (χ4n) is 4.61. The number of hydrogen-bond acceptors (Lipinski definition) is 5. The van der Waals surface area contributed by atoms with Crippen molar-refractivity contribution in [3.05, 3.63) is 17.8 Å². The van der Waals surface area contributed by atoms with Crippen LogP contribution in [0.25, 0.3) is 0 Å². The van der Waals surface area contributed by atoms with Gasteiger partial charge < -0.3 is 14.5 Å². The van der Waals surface area contributed by atoms with Gasteiger partial charge in [-0.15, -0.1) is 0 Å². The van der Waals surface area contributed by atoms with E-state index in [1.165, 1.54) is 0 Å². The molecule has 2 aliphatic heterocycles. The van der Waals surface area contributed by atoms with Gasteiger partial charge in [0.05, 0.1) is 11.8 Å². The Morgan fingerprint density at radius 2 is 2.16 bits per heavy atom. The number of ether oxygens (including phenoxy) is 1. The minimum Gasteiger partial charge on any atom is -0.381 e. The van der Waals surface area contributed by atoms with Crippen LogP contribution in [0.15, 0.2) is 12.3 Å². The first-order chi connectivity index (χ1) is 12.0. The SMILES string of the molecule is CN(C)c1nccc2c1N(C(=O)C1(C#N)CC13CCOCC3)CCC2. The van der Waals surface area contributed by atoms with Crippen LogP contribution in [0, 0.1) is 22.2 Å². The van der Waals surface area contributed by atoms with Crippen LogP contribution in [0.2, 0.25) is 0 Å². The highest BCUT2D eigenvalue weighted by molar-refractivity contribution is 6.05. The molecule has 4 rings (SSSR count). The van der Waals surface area contributed by atoms with E-state index in [1.807, 2.05) is 30.0 Å². The van der Waals surface area contributed by atoms with Crippen LogP contribution < -0.4 is 9.80 Å². The maximum atomic E-state index is 13.5. The van der Waals surface area contributed by atoms with Crippen molar-refractivity contribution in [3.8, 4) is 6.07 Å². The summed E-state index contributed by atoms with van der Waals surface area (Å²) in [6.07, 6.45) is 5.96. The molecule has 1 aliphatic carbocycles. The van der Waals surface area contributed by atoms with E-state index < -0.39 is 5.41 Å². The normalized spacial score (nSPS) is 26.7. The molecule has 25 heavy (non-hydrogen) atoms. The predicted molar refractivity (Wildman–Crippen MR) is 94.4 cm³/mol. The molecular formula is C19H24N4O2. The number of carbonyl (C=O) groups is 1. The molecule has 1 saturated heterocycles. The summed E-state index contributed by atoms with van der Waals surface area (Å²) in [6.45, 7) is 1.96. The molecule has 1 spiro atoms. The lowest BCUT2D eigenvalue weighted by Crippen LogP contribution is -2.43. The summed E-state index contributed by atoms with van der Waals surface area (Å²) in [5, 5.41) is 9.94. The average molecular weight is 340 g/mol. The van der Waals surface area contributed by atoms with E-state index in [2.05, 4.69) is 11.1 Å². The van der Waals surface area contributed by atoms with Gasteiger partial charge in [-0.3, -0.25) is 4.79 Å². The second-order valence-corrected chi connectivity index (χ2v) is 7.68. The smallest absolute Gasteiger partial charge is 0.248 e. The molecule has 0 N–H and O–H groups in total. The molecule has 6 heteroatoms. The minimum atomic E-state index is -0.884. The lowest BCUT2D eigenvalue weighted by atomic mass is 9.85. The lowest BCUT2D eigenvalue weighted by molar-refractivity contribution is -0.123. The Morgan fingerprint density at radius 3 is 2.84 bits per heavy atom. The monoisotopic (exact) mass is 340 g/mol. The van der Waals surface area contributed by atoms with Gasteiger partial charge >= 0.3 is 0 Å². The van der Waals surface area contributed by atoms with Gasteiger partial charge in [-0.05, 0) is 43.7 Å². The first kappa shape index (κ1) is 16.3. The molecule has 2 fully saturated rings. The van der Waals surface area contributed by atoms with Crippen LogP contribution in [0.4, 0.5) is 11.5 Å². The van der Waals surface area contributed by atoms with E-state index in [9.17, 15) is 10.1 Å². The zero-order valence-corrected chi connectivity index (χ0v) is 14.9. The third-order valence-electron chi connectivity index (χ3n) is 6.14. The van der Waals surface area contributed by atoms with E-state index in [1.54, 1.807) is 6.20 Å². The molecule has 1 aromatic rings. The van der Waals surface area contributed by atoms with Crippen LogP contribution in [-0.4, -0.2) is 44.7 Å². The van der Waals surface area contributed by atoms with Crippen molar-refractivity contribution in [2.75, 3.05) is 43.7 Å². The molecule has 6 nitrogen and oxygen atoms in total. The molecule has 1 atom stereocenters. The number of nitrogens with zero attached hydrogens (tertiary/aromatic N) is 4. The van der Waals surface area contributed by atoms with E-state index in [0.717, 1.165) is 42.8 Å². The van der Waals surface area contributed by atoms with Crippen molar-refractivity contribution in [2.24, 2.45) is 10.8 Å². The summed E-state index contributed by atoms with van der Waals surface area (Å²) < 4.78 is 5.46. The molecule has 1 amide bonds. The van der Waals surface area contributed by atoms with Crippen molar-refractivity contribution in [1.82, 2.24) is 4.98 Å². The molecule has 0 radical (unpaired) electrons. The minimum absolute atomic E-state index is 0.0334. The number of hydrogen-bond donors (Lipinski definition) is 0. The van der Waals surface area contributed by atoms with Crippen molar-refractivity contribution in [3.63, 3.8) is 0 Å². The van der Waals surface area contributed by atoms with Crippen molar-refractivity contribution >= 4 is 17.4 Å². The van der Waals surface area contributed by atoms with Crippen LogP contribution in [0.5, 0.6) is 0 Å². The van der Waals surface area contributed by atoms with Gasteiger partial charge in [0.15, 0.2) is 5.82 Å². The molecule has 1 aromatic heterocycles. The topological polar surface area (TPSA) is 69.5 Å². The molecule has 1 saturated carbocycles. The largest absolute Gasteiger partial charge is 0.381 e. The Labute approximate surface area is 148 Å². The van der Waals surface area contributed by atoms with Crippen molar-refractivity contribution in [1.29, 1.82) is 5.26 Å². The highest BCUT2D eigenvalue weighted by Gasteiger charge is 2.73. The number of amides is 1. The highest BCUT2D eigenvalue weighted by Crippen LogP contribution is 2.69. The zero-order valence-electron chi connectivity index (χ0n) is 14.9. The maximum absolute atomic E-state index is 13.5. The second-order valence-electron chi connectivity index (χ2n) is 7.68. The zero-order chi connectivity index (χ0) is 17.7. The van der Waals surface area contributed by atoms with Gasteiger partial charge in [-0.1, -0.05) is 0 Å². The average Bonchev–Trinajstić information content (AvgIpc) is 3.27. The van der Waals surface area contributed by atoms with Crippen LogP contribution >= 0.6 is 0 Å². The number of aromatic nitrogens is 1. The van der Waals surface area contributed by atoms with Gasteiger partial charge in [-0.25, -0.2) is 4.98 Å². The molecular weight excluding hydrogens is 316 g/mol. The van der Waals surface area contributed by atoms with Gasteiger partial charge in [0.1, 0.15) is 5.41 Å². The molecule has 0 aromatic carbocycles.